The maximum absolute atomic E-state index is 12.4. The van der Waals surface area contributed by atoms with Crippen LogP contribution in [0.4, 0.5) is 4.79 Å². The maximum atomic E-state index is 12.4. The normalized spacial score (nSPS) is 13.1. The minimum atomic E-state index is -2.35. The van der Waals surface area contributed by atoms with E-state index in [-0.39, 0.29) is 5.78 Å². The van der Waals surface area contributed by atoms with E-state index in [0.717, 1.165) is 5.56 Å². The van der Waals surface area contributed by atoms with Crippen molar-refractivity contribution in [2.45, 2.75) is 38.8 Å². The lowest BCUT2D eigenvalue weighted by Gasteiger charge is -2.22. The summed E-state index contributed by atoms with van der Waals surface area (Å²) in [5.74, 6) is -0.380. The van der Waals surface area contributed by atoms with Crippen LogP contribution in [0.1, 0.15) is 26.3 Å². The van der Waals surface area contributed by atoms with Gasteiger partial charge in [0.05, 0.1) is 6.04 Å². The predicted octanol–water partition coefficient (Wildman–Crippen LogP) is 2.04. The van der Waals surface area contributed by atoms with Crippen LogP contribution in [0.3, 0.4) is 0 Å². The molecule has 0 heterocycles. The predicted molar refractivity (Wildman–Crippen MR) is 94.4 cm³/mol. The average Bonchev–Trinajstić information content (AvgIpc) is 2.34. The van der Waals surface area contributed by atoms with Gasteiger partial charge in [-0.05, 0) is 35.9 Å². The Morgan fingerprint density at radius 1 is 1.22 bits per heavy atom. The van der Waals surface area contributed by atoms with Gasteiger partial charge < -0.3 is 10.1 Å². The van der Waals surface area contributed by atoms with E-state index in [2.05, 4.69) is 5.32 Å². The monoisotopic (exact) mass is 339 g/mol. The van der Waals surface area contributed by atoms with E-state index in [1.165, 1.54) is 17.9 Å². The van der Waals surface area contributed by atoms with Gasteiger partial charge in [-0.2, -0.15) is 0 Å². The van der Waals surface area contributed by atoms with Crippen molar-refractivity contribution in [2.24, 2.45) is 0 Å². The summed E-state index contributed by atoms with van der Waals surface area (Å²) in [5.41, 5.74) is 0.242. The van der Waals surface area contributed by atoms with Crippen LogP contribution in [0.5, 0.6) is 0 Å². The van der Waals surface area contributed by atoms with Crippen molar-refractivity contribution >= 4 is 26.8 Å². The van der Waals surface area contributed by atoms with Crippen molar-refractivity contribution in [1.29, 1.82) is 0 Å². The van der Waals surface area contributed by atoms with Crippen LogP contribution in [-0.2, 0) is 25.5 Å². The highest BCUT2D eigenvalue weighted by molar-refractivity contribution is 8.01. The molecule has 5 nitrogen and oxygen atoms in total. The lowest BCUT2D eigenvalue weighted by molar-refractivity contribution is -0.114. The Kier molecular flexibility index (Phi) is 6.38. The molecule has 0 aromatic heterocycles. The molecule has 0 fully saturated rings. The van der Waals surface area contributed by atoms with Gasteiger partial charge in [-0.25, -0.2) is 4.79 Å². The fourth-order valence-corrected chi connectivity index (χ4v) is 2.61. The van der Waals surface area contributed by atoms with E-state index in [1.54, 1.807) is 20.8 Å². The molecule has 0 unspecified atom stereocenters. The molecule has 1 amide bonds. The summed E-state index contributed by atoms with van der Waals surface area (Å²) in [4.78, 5) is 24.3. The van der Waals surface area contributed by atoms with Crippen LogP contribution in [0.25, 0.3) is 0 Å². The van der Waals surface area contributed by atoms with Gasteiger partial charge in [-0.15, -0.1) is 0 Å². The molecule has 0 aliphatic carbocycles. The molecule has 1 atom stereocenters. The molecule has 0 saturated carbocycles. The molecule has 0 aliphatic rings. The topological polar surface area (TPSA) is 72.5 Å². The molecule has 23 heavy (non-hydrogen) atoms. The van der Waals surface area contributed by atoms with Gasteiger partial charge in [-0.3, -0.25) is 9.00 Å². The van der Waals surface area contributed by atoms with Crippen LogP contribution in [0.15, 0.2) is 30.3 Å². The molecule has 1 rings (SSSR count). The van der Waals surface area contributed by atoms with E-state index in [0.29, 0.717) is 6.42 Å². The Morgan fingerprint density at radius 3 is 2.26 bits per heavy atom. The molecule has 0 bridgehead atoms. The summed E-state index contributed by atoms with van der Waals surface area (Å²) < 4.78 is 17.0. The Hall–Kier alpha value is -1.82. The highest BCUT2D eigenvalue weighted by Crippen LogP contribution is 2.09. The van der Waals surface area contributed by atoms with Crippen LogP contribution in [0.2, 0.25) is 0 Å². The van der Waals surface area contributed by atoms with Gasteiger partial charge in [0, 0.05) is 24.3 Å². The Bertz CT molecular complexity index is 660. The van der Waals surface area contributed by atoms with E-state index in [1.807, 2.05) is 30.3 Å². The van der Waals surface area contributed by atoms with E-state index >= 15 is 0 Å². The molecule has 0 saturated heterocycles. The van der Waals surface area contributed by atoms with Crippen molar-refractivity contribution in [3.05, 3.63) is 35.9 Å². The number of carbonyl (C=O) groups excluding carboxylic acids is 2. The highest BCUT2D eigenvalue weighted by Gasteiger charge is 2.24. The third kappa shape index (κ3) is 8.40. The number of hydrogen-bond donors (Lipinski definition) is 1. The van der Waals surface area contributed by atoms with Crippen molar-refractivity contribution in [2.75, 3.05) is 12.5 Å². The maximum Gasteiger partial charge on any atom is 0.408 e. The minimum Gasteiger partial charge on any atom is -0.444 e. The number of hydrogen-bond acceptors (Lipinski definition) is 4. The molecule has 0 spiro atoms. The lowest BCUT2D eigenvalue weighted by Crippen LogP contribution is -2.45. The second kappa shape index (κ2) is 7.64. The van der Waals surface area contributed by atoms with Gasteiger partial charge in [0.2, 0.25) is 0 Å². The largest absolute Gasteiger partial charge is 0.444 e. The summed E-state index contributed by atoms with van der Waals surface area (Å²) in [6.07, 6.45) is 2.61. The molecule has 1 aromatic rings. The van der Waals surface area contributed by atoms with Crippen molar-refractivity contribution in [3.8, 4) is 0 Å². The van der Waals surface area contributed by atoms with Crippen molar-refractivity contribution in [1.82, 2.24) is 5.32 Å². The summed E-state index contributed by atoms with van der Waals surface area (Å²) in [5, 5.41) is 3.76. The smallest absolute Gasteiger partial charge is 0.408 e. The quantitative estimate of drug-likeness (QED) is 0.833. The van der Waals surface area contributed by atoms with Gasteiger partial charge in [0.1, 0.15) is 5.60 Å². The fraction of sp³-hybridized carbons (Fsp3) is 0.471. The van der Waals surface area contributed by atoms with E-state index < -0.39 is 27.3 Å². The first-order valence-electron chi connectivity index (χ1n) is 7.32. The summed E-state index contributed by atoms with van der Waals surface area (Å²) in [6, 6.07) is 8.51. The van der Waals surface area contributed by atoms with Crippen molar-refractivity contribution < 1.29 is 18.5 Å². The van der Waals surface area contributed by atoms with Gasteiger partial charge in [0.15, 0.2) is 5.78 Å². The number of amides is 1. The molecule has 1 N–H and O–H groups in total. The average molecular weight is 339 g/mol. The number of alkyl carbamates (subject to hydrolysis) is 1. The van der Waals surface area contributed by atoms with Crippen molar-refractivity contribution in [3.63, 3.8) is 0 Å². The third-order valence-corrected chi connectivity index (χ3v) is 3.52. The highest BCUT2D eigenvalue weighted by atomic mass is 32.2. The zero-order chi connectivity index (χ0) is 17.7. The number of ether oxygens (including phenoxy) is 1. The first kappa shape index (κ1) is 19.2. The Morgan fingerprint density at radius 2 is 1.78 bits per heavy atom. The number of ketones is 1. The first-order chi connectivity index (χ1) is 10.5. The summed E-state index contributed by atoms with van der Waals surface area (Å²) >= 11 is 0. The molecule has 0 aliphatic heterocycles. The number of benzene rings is 1. The number of nitrogens with one attached hydrogen (secondary N) is 1. The molecule has 1 aromatic carbocycles. The fourth-order valence-electron chi connectivity index (χ4n) is 1.88. The second-order valence-electron chi connectivity index (χ2n) is 6.72. The van der Waals surface area contributed by atoms with Crippen LogP contribution >= 0.6 is 0 Å². The number of carbonyl (C=O) groups is 2. The molecule has 128 valence electrons. The molecule has 6 heteroatoms. The van der Waals surface area contributed by atoms with Gasteiger partial charge in [0.25, 0.3) is 0 Å². The number of Topliss-reactive ketones (excluding diaryl/α,β-unsaturated/α-hetero) is 1. The Labute approximate surface area is 138 Å². The summed E-state index contributed by atoms with van der Waals surface area (Å²) in [6.45, 7) is 5.24. The third-order valence-electron chi connectivity index (χ3n) is 2.72. The first-order valence-corrected chi connectivity index (χ1v) is 9.76. The zero-order valence-electron chi connectivity index (χ0n) is 14.3. The van der Waals surface area contributed by atoms with Crippen LogP contribution < -0.4 is 5.32 Å². The molecular weight excluding hydrogens is 314 g/mol. The molecule has 0 radical (unpaired) electrons. The molecular formula is C17H25NO4S. The second-order valence-corrected chi connectivity index (χ2v) is 9.57. The lowest BCUT2D eigenvalue weighted by atomic mass is 10.0. The van der Waals surface area contributed by atoms with E-state index in [9.17, 15) is 13.8 Å². The van der Waals surface area contributed by atoms with Gasteiger partial charge >= 0.3 is 6.09 Å². The van der Waals surface area contributed by atoms with E-state index in [4.69, 9.17) is 4.74 Å². The van der Waals surface area contributed by atoms with Crippen LogP contribution in [0, 0.1) is 0 Å². The summed E-state index contributed by atoms with van der Waals surface area (Å²) in [7, 11) is -2.35. The standard InChI is InChI=1S/C17H25NO4S/c1-17(2,3)22-16(20)18-14(15(19)12-23(4,5)21)11-13-9-7-6-8-10-13/h6-10,12,14H,11H2,1-5H3,(H,18,20)/t14-/m0/s1. The SMILES string of the molecule is CC(C)(C)OC(=O)N[C@@H](Cc1ccccc1)C(=O)C=S(C)(C)=O. The number of rotatable bonds is 5. The zero-order valence-corrected chi connectivity index (χ0v) is 15.1. The van der Waals surface area contributed by atoms with Crippen LogP contribution in [-0.4, -0.2) is 45.6 Å². The van der Waals surface area contributed by atoms with Gasteiger partial charge in [-0.1, -0.05) is 30.3 Å². The minimum absolute atomic E-state index is 0.310. The Balaban J connectivity index is 2.95.